The summed E-state index contributed by atoms with van der Waals surface area (Å²) in [5.74, 6) is 1.97. The smallest absolute Gasteiger partial charge is 0.161 e. The van der Waals surface area contributed by atoms with E-state index < -0.39 is 0 Å². The van der Waals surface area contributed by atoms with Gasteiger partial charge in [-0.15, -0.1) is 0 Å². The lowest BCUT2D eigenvalue weighted by molar-refractivity contribution is 0.284. The summed E-state index contributed by atoms with van der Waals surface area (Å²) in [7, 11) is 1.66. The number of halogens is 1. The van der Waals surface area contributed by atoms with Crippen molar-refractivity contribution >= 4 is 11.6 Å². The fourth-order valence-electron chi connectivity index (χ4n) is 1.95. The second-order valence-electron chi connectivity index (χ2n) is 4.98. The van der Waals surface area contributed by atoms with Gasteiger partial charge < -0.3 is 9.47 Å². The molecule has 0 bridgehead atoms. The van der Waals surface area contributed by atoms with E-state index in [2.05, 4.69) is 19.9 Å². The van der Waals surface area contributed by atoms with Gasteiger partial charge in [0.05, 0.1) is 7.11 Å². The third-order valence-electron chi connectivity index (χ3n) is 3.14. The van der Waals surface area contributed by atoms with Crippen LogP contribution in [0.4, 0.5) is 0 Å². The molecule has 0 radical (unpaired) electrons. The van der Waals surface area contributed by atoms with Crippen LogP contribution in [0, 0.1) is 0 Å². The first kappa shape index (κ1) is 14.7. The van der Waals surface area contributed by atoms with Gasteiger partial charge >= 0.3 is 0 Å². The number of hydrogen-bond acceptors (Lipinski definition) is 2. The van der Waals surface area contributed by atoms with Crippen molar-refractivity contribution in [3.63, 3.8) is 0 Å². The Morgan fingerprint density at radius 2 is 1.85 bits per heavy atom. The summed E-state index contributed by atoms with van der Waals surface area (Å²) in [6.45, 7) is 4.78. The molecule has 0 heterocycles. The maximum atomic E-state index is 5.96. The number of rotatable bonds is 5. The predicted molar refractivity (Wildman–Crippen MR) is 82.9 cm³/mol. The average molecular weight is 291 g/mol. The molecule has 0 N–H and O–H groups in total. The van der Waals surface area contributed by atoms with Crippen molar-refractivity contribution in [1.29, 1.82) is 0 Å². The molecule has 2 nitrogen and oxygen atoms in total. The predicted octanol–water partition coefficient (Wildman–Crippen LogP) is 5.05. The summed E-state index contributed by atoms with van der Waals surface area (Å²) in [5, 5.41) is 0.716. The molecular weight excluding hydrogens is 272 g/mol. The van der Waals surface area contributed by atoms with Gasteiger partial charge in [-0.3, -0.25) is 0 Å². The number of ether oxygens (including phenoxy) is 2. The van der Waals surface area contributed by atoms with Gasteiger partial charge in [-0.05, 0) is 41.3 Å². The summed E-state index contributed by atoms with van der Waals surface area (Å²) in [6, 6.07) is 13.7. The summed E-state index contributed by atoms with van der Waals surface area (Å²) < 4.78 is 11.2. The first-order valence-electron chi connectivity index (χ1n) is 6.65. The Hall–Kier alpha value is -1.67. The molecule has 2 rings (SSSR count). The van der Waals surface area contributed by atoms with E-state index in [1.54, 1.807) is 7.11 Å². The Labute approximate surface area is 125 Å². The monoisotopic (exact) mass is 290 g/mol. The van der Waals surface area contributed by atoms with Crippen LogP contribution in [-0.2, 0) is 6.61 Å². The first-order chi connectivity index (χ1) is 9.60. The summed E-state index contributed by atoms with van der Waals surface area (Å²) in [5.41, 5.74) is 2.27. The van der Waals surface area contributed by atoms with Crippen LogP contribution in [0.5, 0.6) is 11.5 Å². The molecule has 2 aromatic rings. The molecule has 0 aliphatic heterocycles. The minimum absolute atomic E-state index is 0.464. The molecule has 0 amide bonds. The van der Waals surface area contributed by atoms with Crippen molar-refractivity contribution in [1.82, 2.24) is 0 Å². The molecule has 2 aromatic carbocycles. The van der Waals surface area contributed by atoms with Crippen LogP contribution in [0.25, 0.3) is 0 Å². The maximum absolute atomic E-state index is 5.96. The van der Waals surface area contributed by atoms with Crippen LogP contribution in [0.1, 0.15) is 30.9 Å². The Morgan fingerprint density at radius 1 is 1.05 bits per heavy atom. The van der Waals surface area contributed by atoms with Crippen LogP contribution < -0.4 is 9.47 Å². The molecule has 0 aromatic heterocycles. The van der Waals surface area contributed by atoms with Crippen molar-refractivity contribution in [2.45, 2.75) is 26.4 Å². The van der Waals surface area contributed by atoms with Gasteiger partial charge in [-0.2, -0.15) is 0 Å². The van der Waals surface area contributed by atoms with Crippen molar-refractivity contribution < 1.29 is 9.47 Å². The van der Waals surface area contributed by atoms with Gasteiger partial charge in [0.25, 0.3) is 0 Å². The second-order valence-corrected chi connectivity index (χ2v) is 5.42. The van der Waals surface area contributed by atoms with Crippen molar-refractivity contribution in [2.24, 2.45) is 0 Å². The van der Waals surface area contributed by atoms with Crippen LogP contribution in [-0.4, -0.2) is 7.11 Å². The van der Waals surface area contributed by atoms with Crippen LogP contribution >= 0.6 is 11.6 Å². The minimum Gasteiger partial charge on any atom is -0.493 e. The fraction of sp³-hybridized carbons (Fsp3) is 0.294. The highest BCUT2D eigenvalue weighted by Gasteiger charge is 2.08. The SMILES string of the molecule is COc1cc(C(C)C)ccc1OCc1cccc(Cl)c1. The van der Waals surface area contributed by atoms with Crippen molar-refractivity contribution in [2.75, 3.05) is 7.11 Å². The Kier molecular flexibility index (Phi) is 4.91. The molecule has 0 atom stereocenters. The minimum atomic E-state index is 0.464. The third kappa shape index (κ3) is 3.67. The van der Waals surface area contributed by atoms with E-state index in [9.17, 15) is 0 Å². The van der Waals surface area contributed by atoms with E-state index in [1.165, 1.54) is 5.56 Å². The molecular formula is C17H19ClO2. The molecule has 106 valence electrons. The molecule has 20 heavy (non-hydrogen) atoms. The lowest BCUT2D eigenvalue weighted by Crippen LogP contribution is -1.99. The highest BCUT2D eigenvalue weighted by atomic mass is 35.5. The standard InChI is InChI=1S/C17H19ClO2/c1-12(2)14-7-8-16(17(10-14)19-3)20-11-13-5-4-6-15(18)9-13/h4-10,12H,11H2,1-3H3. The summed E-state index contributed by atoms with van der Waals surface area (Å²) in [6.07, 6.45) is 0. The zero-order valence-corrected chi connectivity index (χ0v) is 12.8. The largest absolute Gasteiger partial charge is 0.493 e. The molecule has 0 aliphatic carbocycles. The molecule has 3 heteroatoms. The van der Waals surface area contributed by atoms with Gasteiger partial charge in [0.1, 0.15) is 6.61 Å². The lowest BCUT2D eigenvalue weighted by atomic mass is 10.0. The molecule has 0 spiro atoms. The number of methoxy groups -OCH3 is 1. The van der Waals surface area contributed by atoms with Gasteiger partial charge in [-0.1, -0.05) is 43.6 Å². The van der Waals surface area contributed by atoms with E-state index in [0.717, 1.165) is 17.1 Å². The van der Waals surface area contributed by atoms with Crippen molar-refractivity contribution in [3.8, 4) is 11.5 Å². The number of hydrogen-bond donors (Lipinski definition) is 0. The third-order valence-corrected chi connectivity index (χ3v) is 3.37. The van der Waals surface area contributed by atoms with Gasteiger partial charge in [0.2, 0.25) is 0 Å². The normalized spacial score (nSPS) is 10.7. The Balaban J connectivity index is 2.13. The van der Waals surface area contributed by atoms with Crippen LogP contribution in [0.3, 0.4) is 0 Å². The molecule has 0 aliphatic rings. The van der Waals surface area contributed by atoms with E-state index in [1.807, 2.05) is 36.4 Å². The zero-order valence-electron chi connectivity index (χ0n) is 12.0. The van der Waals surface area contributed by atoms with Gasteiger partial charge in [0.15, 0.2) is 11.5 Å². The fourth-order valence-corrected chi connectivity index (χ4v) is 2.16. The second kappa shape index (κ2) is 6.67. The molecule has 0 saturated heterocycles. The summed E-state index contributed by atoms with van der Waals surface area (Å²) in [4.78, 5) is 0. The molecule has 0 unspecified atom stereocenters. The van der Waals surface area contributed by atoms with Crippen molar-refractivity contribution in [3.05, 3.63) is 58.6 Å². The molecule has 0 fully saturated rings. The number of benzene rings is 2. The lowest BCUT2D eigenvalue weighted by Gasteiger charge is -2.13. The van der Waals surface area contributed by atoms with E-state index in [0.29, 0.717) is 17.5 Å². The van der Waals surface area contributed by atoms with E-state index in [-0.39, 0.29) is 0 Å². The first-order valence-corrected chi connectivity index (χ1v) is 7.03. The Bertz CT molecular complexity index is 579. The quantitative estimate of drug-likeness (QED) is 0.767. The Morgan fingerprint density at radius 3 is 2.50 bits per heavy atom. The van der Waals surface area contributed by atoms with Gasteiger partial charge in [0, 0.05) is 5.02 Å². The van der Waals surface area contributed by atoms with E-state index >= 15 is 0 Å². The van der Waals surface area contributed by atoms with Gasteiger partial charge in [-0.25, -0.2) is 0 Å². The van der Waals surface area contributed by atoms with E-state index in [4.69, 9.17) is 21.1 Å². The highest BCUT2D eigenvalue weighted by Crippen LogP contribution is 2.31. The zero-order chi connectivity index (χ0) is 14.5. The highest BCUT2D eigenvalue weighted by molar-refractivity contribution is 6.30. The maximum Gasteiger partial charge on any atom is 0.161 e. The van der Waals surface area contributed by atoms with Crippen LogP contribution in [0.15, 0.2) is 42.5 Å². The topological polar surface area (TPSA) is 18.5 Å². The molecule has 0 saturated carbocycles. The summed E-state index contributed by atoms with van der Waals surface area (Å²) >= 11 is 5.96. The van der Waals surface area contributed by atoms with Crippen LogP contribution in [0.2, 0.25) is 5.02 Å². The average Bonchev–Trinajstić information content (AvgIpc) is 2.45.